The molecule has 0 aromatic heterocycles. The number of likely N-dealkylation sites (tertiary alicyclic amines) is 1. The van der Waals surface area contributed by atoms with Crippen molar-refractivity contribution in [1.29, 1.82) is 0 Å². The number of imide groups is 1. The lowest BCUT2D eigenvalue weighted by atomic mass is 9.85. The number of rotatable bonds is 5. The minimum Gasteiger partial charge on any atom is -0.497 e. The summed E-state index contributed by atoms with van der Waals surface area (Å²) in [6, 6.07) is 16.3. The number of hydrogen-bond acceptors (Lipinski definition) is 4. The van der Waals surface area contributed by atoms with E-state index in [-0.39, 0.29) is 18.0 Å². The highest BCUT2D eigenvalue weighted by Gasteiger charge is 2.59. The first-order valence-electron chi connectivity index (χ1n) is 11.6. The first-order valence-corrected chi connectivity index (χ1v) is 11.6. The summed E-state index contributed by atoms with van der Waals surface area (Å²) in [5, 5.41) is 0. The Morgan fingerprint density at radius 1 is 0.969 bits per heavy atom. The fraction of sp³-hybridized carbons (Fsp3) is 0.462. The van der Waals surface area contributed by atoms with Crippen LogP contribution < -0.4 is 4.74 Å². The highest BCUT2D eigenvalue weighted by Crippen LogP contribution is 2.40. The molecule has 5 rings (SSSR count). The molecule has 1 spiro atoms. The molecule has 168 valence electrons. The largest absolute Gasteiger partial charge is 0.497 e. The van der Waals surface area contributed by atoms with E-state index < -0.39 is 5.54 Å². The Bertz CT molecular complexity index is 986. The third-order valence-electron chi connectivity index (χ3n) is 7.53. The van der Waals surface area contributed by atoms with Crippen molar-refractivity contribution >= 4 is 11.9 Å². The van der Waals surface area contributed by atoms with Gasteiger partial charge in [0.15, 0.2) is 0 Å². The van der Waals surface area contributed by atoms with Crippen LogP contribution in [0.5, 0.6) is 5.75 Å². The van der Waals surface area contributed by atoms with E-state index in [2.05, 4.69) is 29.2 Å². The Morgan fingerprint density at radius 2 is 1.59 bits per heavy atom. The minimum atomic E-state index is -0.684. The summed E-state index contributed by atoms with van der Waals surface area (Å²) in [7, 11) is 1.67. The number of fused-ring (bicyclic) bond motifs is 1. The number of carbonyl (C=O) groups excluding carboxylic acids is 2. The Balaban J connectivity index is 1.30. The van der Waals surface area contributed by atoms with Crippen LogP contribution >= 0.6 is 0 Å². The first-order chi connectivity index (χ1) is 15.6. The SMILES string of the molecule is CCN1C(=O)N(C2Cc3ccccc3C2)C(=O)C12CCN(Cc1ccc(OC)cc1)CC2. The standard InChI is InChI=1S/C26H31N3O3/c1-3-28-25(31)29(22-16-20-6-4-5-7-21(20)17-22)24(30)26(28)12-14-27(15-13-26)18-19-8-10-23(32-2)11-9-19/h4-11,22H,3,12-18H2,1-2H3. The van der Waals surface area contributed by atoms with Gasteiger partial charge in [-0.2, -0.15) is 0 Å². The minimum absolute atomic E-state index is 0.0197. The van der Waals surface area contributed by atoms with Crippen molar-refractivity contribution in [2.24, 2.45) is 0 Å². The summed E-state index contributed by atoms with van der Waals surface area (Å²) < 4.78 is 5.25. The average Bonchev–Trinajstić information content (AvgIpc) is 3.32. The maximum absolute atomic E-state index is 13.8. The molecule has 0 N–H and O–H groups in total. The zero-order valence-corrected chi connectivity index (χ0v) is 18.9. The second-order valence-electron chi connectivity index (χ2n) is 9.19. The zero-order chi connectivity index (χ0) is 22.3. The number of carbonyl (C=O) groups is 2. The molecule has 0 atom stereocenters. The molecule has 32 heavy (non-hydrogen) atoms. The fourth-order valence-electron chi connectivity index (χ4n) is 5.77. The lowest BCUT2D eigenvalue weighted by Gasteiger charge is -2.42. The highest BCUT2D eigenvalue weighted by molar-refractivity contribution is 6.07. The summed E-state index contributed by atoms with van der Waals surface area (Å²) in [5.41, 5.74) is 3.07. The zero-order valence-electron chi connectivity index (χ0n) is 18.9. The van der Waals surface area contributed by atoms with Gasteiger partial charge in [0.25, 0.3) is 5.91 Å². The quantitative estimate of drug-likeness (QED) is 0.678. The average molecular weight is 434 g/mol. The van der Waals surface area contributed by atoms with Crippen LogP contribution in [0.25, 0.3) is 0 Å². The molecule has 2 aromatic rings. The number of benzene rings is 2. The van der Waals surface area contributed by atoms with Gasteiger partial charge in [-0.3, -0.25) is 14.6 Å². The predicted octanol–water partition coefficient (Wildman–Crippen LogP) is 3.48. The van der Waals surface area contributed by atoms with Crippen LogP contribution in [0.3, 0.4) is 0 Å². The number of urea groups is 1. The molecule has 2 aliphatic heterocycles. The van der Waals surface area contributed by atoms with Gasteiger partial charge >= 0.3 is 6.03 Å². The van der Waals surface area contributed by atoms with E-state index in [0.29, 0.717) is 19.4 Å². The molecule has 0 radical (unpaired) electrons. The lowest BCUT2D eigenvalue weighted by Crippen LogP contribution is -2.56. The molecule has 2 fully saturated rings. The molecular formula is C26H31N3O3. The Labute approximate surface area is 189 Å². The molecule has 6 heteroatoms. The van der Waals surface area contributed by atoms with E-state index in [9.17, 15) is 9.59 Å². The summed E-state index contributed by atoms with van der Waals surface area (Å²) in [6.45, 7) is 5.01. The van der Waals surface area contributed by atoms with E-state index in [0.717, 1.165) is 38.2 Å². The highest BCUT2D eigenvalue weighted by atomic mass is 16.5. The third kappa shape index (κ3) is 3.37. The summed E-state index contributed by atoms with van der Waals surface area (Å²) >= 11 is 0. The third-order valence-corrected chi connectivity index (χ3v) is 7.53. The molecule has 0 bridgehead atoms. The van der Waals surface area contributed by atoms with Gasteiger partial charge in [0.05, 0.1) is 7.11 Å². The molecule has 2 saturated heterocycles. The second kappa shape index (κ2) is 8.24. The van der Waals surface area contributed by atoms with Crippen LogP contribution in [0, 0.1) is 0 Å². The molecule has 0 saturated carbocycles. The van der Waals surface area contributed by atoms with E-state index in [1.165, 1.54) is 16.7 Å². The number of ether oxygens (including phenoxy) is 1. The summed E-state index contributed by atoms with van der Waals surface area (Å²) in [5.74, 6) is 0.875. The normalized spacial score (nSPS) is 20.9. The molecule has 0 unspecified atom stereocenters. The van der Waals surface area contributed by atoms with Gasteiger partial charge in [-0.1, -0.05) is 36.4 Å². The maximum Gasteiger partial charge on any atom is 0.327 e. The molecule has 2 heterocycles. The van der Waals surface area contributed by atoms with Gasteiger partial charge < -0.3 is 9.64 Å². The molecule has 3 amide bonds. The number of nitrogens with zero attached hydrogens (tertiary/aromatic N) is 3. The maximum atomic E-state index is 13.8. The van der Waals surface area contributed by atoms with Crippen molar-refractivity contribution < 1.29 is 14.3 Å². The number of hydrogen-bond donors (Lipinski definition) is 0. The van der Waals surface area contributed by atoms with Gasteiger partial charge in [0, 0.05) is 32.2 Å². The van der Waals surface area contributed by atoms with Gasteiger partial charge in [-0.05, 0) is 61.4 Å². The summed E-state index contributed by atoms with van der Waals surface area (Å²) in [4.78, 5) is 33.0. The molecular weight excluding hydrogens is 402 g/mol. The van der Waals surface area contributed by atoms with E-state index in [4.69, 9.17) is 4.74 Å². The van der Waals surface area contributed by atoms with E-state index >= 15 is 0 Å². The number of piperidine rings is 1. The second-order valence-corrected chi connectivity index (χ2v) is 9.19. The smallest absolute Gasteiger partial charge is 0.327 e. The number of amides is 3. The van der Waals surface area contributed by atoms with Crippen molar-refractivity contribution in [1.82, 2.24) is 14.7 Å². The molecule has 2 aromatic carbocycles. The number of methoxy groups -OCH3 is 1. The monoisotopic (exact) mass is 433 g/mol. The lowest BCUT2D eigenvalue weighted by molar-refractivity contribution is -0.137. The van der Waals surface area contributed by atoms with Crippen LogP contribution in [0.1, 0.15) is 36.5 Å². The first kappa shape index (κ1) is 21.0. The van der Waals surface area contributed by atoms with Gasteiger partial charge in [0.1, 0.15) is 11.3 Å². The van der Waals surface area contributed by atoms with Gasteiger partial charge in [-0.25, -0.2) is 4.79 Å². The fourth-order valence-corrected chi connectivity index (χ4v) is 5.77. The van der Waals surface area contributed by atoms with Crippen molar-refractivity contribution in [3.63, 3.8) is 0 Å². The van der Waals surface area contributed by atoms with E-state index in [1.54, 1.807) is 12.0 Å². The van der Waals surface area contributed by atoms with Crippen molar-refractivity contribution in [3.05, 3.63) is 65.2 Å². The van der Waals surface area contributed by atoms with Crippen LogP contribution in [-0.2, 0) is 24.2 Å². The van der Waals surface area contributed by atoms with Gasteiger partial charge in [0.2, 0.25) is 0 Å². The predicted molar refractivity (Wildman–Crippen MR) is 122 cm³/mol. The van der Waals surface area contributed by atoms with Crippen LogP contribution in [0.2, 0.25) is 0 Å². The number of likely N-dealkylation sites (N-methyl/N-ethyl adjacent to an activating group) is 1. The summed E-state index contributed by atoms with van der Waals surface area (Å²) in [6.07, 6.45) is 2.92. The van der Waals surface area contributed by atoms with Gasteiger partial charge in [-0.15, -0.1) is 0 Å². The van der Waals surface area contributed by atoms with Crippen molar-refractivity contribution in [3.8, 4) is 5.75 Å². The Hall–Kier alpha value is -2.86. The van der Waals surface area contributed by atoms with E-state index in [1.807, 2.05) is 36.1 Å². The topological polar surface area (TPSA) is 53.1 Å². The molecule has 3 aliphatic rings. The Kier molecular flexibility index (Phi) is 5.41. The van der Waals surface area contributed by atoms with Crippen molar-refractivity contribution in [2.45, 2.75) is 50.7 Å². The Morgan fingerprint density at radius 3 is 2.16 bits per heavy atom. The van der Waals surface area contributed by atoms with Crippen LogP contribution in [-0.4, -0.2) is 65.0 Å². The van der Waals surface area contributed by atoms with Crippen LogP contribution in [0.15, 0.2) is 48.5 Å². The molecule has 6 nitrogen and oxygen atoms in total. The van der Waals surface area contributed by atoms with Crippen LogP contribution in [0.4, 0.5) is 4.79 Å². The molecule has 1 aliphatic carbocycles. The van der Waals surface area contributed by atoms with Crippen molar-refractivity contribution in [2.75, 3.05) is 26.7 Å².